The van der Waals surface area contributed by atoms with Crippen LogP contribution in [0.2, 0.25) is 0 Å². The fourth-order valence-electron chi connectivity index (χ4n) is 0.877. The standard InChI is InChI=1S/C8H7N4S/c1-6-9-3-2-7(11-6)12-8-10-4-5-13-8/h2,4-5H,1H3,(H,9,10,11,12). The van der Waals surface area contributed by atoms with Gasteiger partial charge in [0.25, 0.3) is 0 Å². The molecule has 0 aliphatic heterocycles. The topological polar surface area (TPSA) is 50.7 Å². The van der Waals surface area contributed by atoms with E-state index in [2.05, 4.69) is 26.5 Å². The Morgan fingerprint density at radius 3 is 3.15 bits per heavy atom. The van der Waals surface area contributed by atoms with Crippen LogP contribution in [0.5, 0.6) is 0 Å². The van der Waals surface area contributed by atoms with E-state index in [4.69, 9.17) is 0 Å². The second-order valence-electron chi connectivity index (χ2n) is 2.39. The zero-order chi connectivity index (χ0) is 9.10. The van der Waals surface area contributed by atoms with E-state index in [0.29, 0.717) is 5.82 Å². The average molecular weight is 191 g/mol. The number of aromatic nitrogens is 3. The molecule has 0 amide bonds. The lowest BCUT2D eigenvalue weighted by Crippen LogP contribution is -1.95. The SMILES string of the molecule is Cc1n[c]cc(Nc2nccs2)n1. The van der Waals surface area contributed by atoms with E-state index in [-0.39, 0.29) is 0 Å². The molecule has 1 N–H and O–H groups in total. The molecule has 2 aromatic rings. The third-order valence-corrected chi connectivity index (χ3v) is 2.07. The Morgan fingerprint density at radius 1 is 1.54 bits per heavy atom. The summed E-state index contributed by atoms with van der Waals surface area (Å²) in [7, 11) is 0. The Balaban J connectivity index is 2.19. The first-order valence-electron chi connectivity index (χ1n) is 3.73. The van der Waals surface area contributed by atoms with E-state index >= 15 is 0 Å². The lowest BCUT2D eigenvalue weighted by atomic mass is 10.5. The van der Waals surface area contributed by atoms with Gasteiger partial charge in [-0.1, -0.05) is 0 Å². The van der Waals surface area contributed by atoms with Gasteiger partial charge in [0.05, 0.1) is 6.20 Å². The van der Waals surface area contributed by atoms with Crippen molar-refractivity contribution in [2.75, 3.05) is 5.32 Å². The molecule has 0 atom stereocenters. The summed E-state index contributed by atoms with van der Waals surface area (Å²) in [6, 6.07) is 1.69. The average Bonchev–Trinajstić information content (AvgIpc) is 2.57. The van der Waals surface area contributed by atoms with E-state index in [1.54, 1.807) is 12.3 Å². The second kappa shape index (κ2) is 3.49. The Labute approximate surface area is 79.7 Å². The van der Waals surface area contributed by atoms with Gasteiger partial charge in [-0.25, -0.2) is 15.0 Å². The largest absolute Gasteiger partial charge is 0.316 e. The molecule has 0 fully saturated rings. The van der Waals surface area contributed by atoms with E-state index in [9.17, 15) is 0 Å². The van der Waals surface area contributed by atoms with E-state index in [1.165, 1.54) is 11.3 Å². The first-order chi connectivity index (χ1) is 6.34. The minimum absolute atomic E-state index is 0.696. The van der Waals surface area contributed by atoms with Gasteiger partial charge in [0, 0.05) is 17.6 Å². The fourth-order valence-corrected chi connectivity index (χ4v) is 1.41. The summed E-state index contributed by atoms with van der Waals surface area (Å²) in [5.41, 5.74) is 0. The molecule has 2 heterocycles. The van der Waals surface area contributed by atoms with E-state index < -0.39 is 0 Å². The number of rotatable bonds is 2. The third-order valence-electron chi connectivity index (χ3n) is 1.38. The molecular weight excluding hydrogens is 184 g/mol. The summed E-state index contributed by atoms with van der Waals surface area (Å²) in [6.07, 6.45) is 4.48. The number of hydrogen-bond donors (Lipinski definition) is 1. The van der Waals surface area contributed by atoms with Crippen molar-refractivity contribution in [1.29, 1.82) is 0 Å². The Morgan fingerprint density at radius 2 is 2.46 bits per heavy atom. The van der Waals surface area contributed by atoms with Gasteiger partial charge < -0.3 is 5.32 Å². The summed E-state index contributed by atoms with van der Waals surface area (Å²) < 4.78 is 0. The van der Waals surface area contributed by atoms with Crippen molar-refractivity contribution < 1.29 is 0 Å². The summed E-state index contributed by atoms with van der Waals surface area (Å²) in [5, 5.41) is 5.78. The van der Waals surface area contributed by atoms with Crippen LogP contribution in [0.3, 0.4) is 0 Å². The van der Waals surface area contributed by atoms with Gasteiger partial charge in [0.15, 0.2) is 5.13 Å². The predicted molar refractivity (Wildman–Crippen MR) is 51.0 cm³/mol. The number of anilines is 2. The predicted octanol–water partition coefficient (Wildman–Crippen LogP) is 1.79. The highest BCUT2D eigenvalue weighted by molar-refractivity contribution is 7.13. The fraction of sp³-hybridized carbons (Fsp3) is 0.125. The van der Waals surface area contributed by atoms with Crippen LogP contribution >= 0.6 is 11.3 Å². The lowest BCUT2D eigenvalue weighted by molar-refractivity contribution is 1.05. The zero-order valence-electron chi connectivity index (χ0n) is 6.98. The maximum Gasteiger partial charge on any atom is 0.188 e. The van der Waals surface area contributed by atoms with Gasteiger partial charge in [-0.2, -0.15) is 0 Å². The molecule has 0 aliphatic carbocycles. The number of hydrogen-bond acceptors (Lipinski definition) is 5. The molecule has 1 radical (unpaired) electrons. The van der Waals surface area contributed by atoms with E-state index in [1.807, 2.05) is 12.3 Å². The summed E-state index contributed by atoms with van der Waals surface area (Å²) >= 11 is 1.53. The van der Waals surface area contributed by atoms with Crippen LogP contribution in [-0.4, -0.2) is 15.0 Å². The first kappa shape index (κ1) is 8.12. The van der Waals surface area contributed by atoms with Crippen molar-refractivity contribution in [3.8, 4) is 0 Å². The van der Waals surface area contributed by atoms with Crippen molar-refractivity contribution >= 4 is 22.3 Å². The van der Waals surface area contributed by atoms with Crippen molar-refractivity contribution in [3.63, 3.8) is 0 Å². The number of aryl methyl sites for hydroxylation is 1. The third kappa shape index (κ3) is 2.00. The van der Waals surface area contributed by atoms with Crippen molar-refractivity contribution in [3.05, 3.63) is 29.7 Å². The second-order valence-corrected chi connectivity index (χ2v) is 3.29. The Kier molecular flexibility index (Phi) is 2.18. The van der Waals surface area contributed by atoms with Crippen molar-refractivity contribution in [2.45, 2.75) is 6.92 Å². The van der Waals surface area contributed by atoms with Gasteiger partial charge in [-0.15, -0.1) is 11.3 Å². The molecule has 0 aliphatic rings. The van der Waals surface area contributed by atoms with Crippen LogP contribution < -0.4 is 5.32 Å². The molecule has 2 rings (SSSR count). The highest BCUT2D eigenvalue weighted by Gasteiger charge is 1.97. The number of nitrogens with zero attached hydrogens (tertiary/aromatic N) is 3. The molecule has 0 unspecified atom stereocenters. The lowest BCUT2D eigenvalue weighted by Gasteiger charge is -2.00. The quantitative estimate of drug-likeness (QED) is 0.786. The molecule has 65 valence electrons. The Bertz CT molecular complexity index is 385. The van der Waals surface area contributed by atoms with Gasteiger partial charge in [-0.3, -0.25) is 0 Å². The molecule has 2 aromatic heterocycles. The summed E-state index contributed by atoms with van der Waals surface area (Å²) in [6.45, 7) is 1.82. The van der Waals surface area contributed by atoms with Crippen LogP contribution in [0.15, 0.2) is 17.6 Å². The van der Waals surface area contributed by atoms with Crippen LogP contribution in [0.25, 0.3) is 0 Å². The maximum absolute atomic E-state index is 4.16. The highest BCUT2D eigenvalue weighted by Crippen LogP contribution is 2.15. The molecule has 5 heteroatoms. The van der Waals surface area contributed by atoms with Crippen LogP contribution in [0.4, 0.5) is 10.9 Å². The molecule has 0 aromatic carbocycles. The maximum atomic E-state index is 4.16. The van der Waals surface area contributed by atoms with Crippen LogP contribution in [0.1, 0.15) is 5.82 Å². The normalized spacial score (nSPS) is 9.92. The van der Waals surface area contributed by atoms with Gasteiger partial charge >= 0.3 is 0 Å². The molecule has 0 spiro atoms. The van der Waals surface area contributed by atoms with E-state index in [0.717, 1.165) is 10.9 Å². The molecule has 0 bridgehead atoms. The highest BCUT2D eigenvalue weighted by atomic mass is 32.1. The van der Waals surface area contributed by atoms with Crippen molar-refractivity contribution in [1.82, 2.24) is 15.0 Å². The first-order valence-corrected chi connectivity index (χ1v) is 4.61. The summed E-state index contributed by atoms with van der Waals surface area (Å²) in [4.78, 5) is 12.1. The van der Waals surface area contributed by atoms with Crippen molar-refractivity contribution in [2.24, 2.45) is 0 Å². The molecule has 0 saturated heterocycles. The number of nitrogens with one attached hydrogen (secondary N) is 1. The zero-order valence-corrected chi connectivity index (χ0v) is 7.80. The van der Waals surface area contributed by atoms with Gasteiger partial charge in [0.2, 0.25) is 0 Å². The summed E-state index contributed by atoms with van der Waals surface area (Å²) in [5.74, 6) is 1.42. The molecule has 0 saturated carbocycles. The van der Waals surface area contributed by atoms with Crippen LogP contribution in [0, 0.1) is 13.1 Å². The minimum Gasteiger partial charge on any atom is -0.316 e. The Hall–Kier alpha value is -1.49. The number of thiazole rings is 1. The van der Waals surface area contributed by atoms with Crippen LogP contribution in [-0.2, 0) is 0 Å². The molecular formula is C8H7N4S. The molecule has 4 nitrogen and oxygen atoms in total. The monoisotopic (exact) mass is 191 g/mol. The van der Waals surface area contributed by atoms with Gasteiger partial charge in [-0.05, 0) is 6.92 Å². The van der Waals surface area contributed by atoms with Gasteiger partial charge in [0.1, 0.15) is 11.6 Å². The minimum atomic E-state index is 0.696. The molecule has 13 heavy (non-hydrogen) atoms. The smallest absolute Gasteiger partial charge is 0.188 e.